The van der Waals surface area contributed by atoms with E-state index in [1.165, 1.54) is 64.2 Å². The van der Waals surface area contributed by atoms with Crippen molar-refractivity contribution in [2.24, 2.45) is 22.7 Å². The average Bonchev–Trinajstić information content (AvgIpc) is 3.64. The van der Waals surface area contributed by atoms with Gasteiger partial charge in [0.25, 0.3) is 0 Å². The Hall–Kier alpha value is -2.96. The Kier molecular flexibility index (Phi) is 18.4. The predicted molar refractivity (Wildman–Crippen MR) is 252 cm³/mol. The number of benzene rings is 1. The number of cyclic esters (lactones) is 2. The molecule has 358 valence electrons. The van der Waals surface area contributed by atoms with Crippen molar-refractivity contribution in [1.82, 2.24) is 25.3 Å². The fourth-order valence-electron chi connectivity index (χ4n) is 11.1. The van der Waals surface area contributed by atoms with Gasteiger partial charge in [0.15, 0.2) is 0 Å². The van der Waals surface area contributed by atoms with E-state index >= 15 is 0 Å². The van der Waals surface area contributed by atoms with Crippen molar-refractivity contribution in [3.05, 3.63) is 34.9 Å². The van der Waals surface area contributed by atoms with Crippen LogP contribution in [0.1, 0.15) is 151 Å². The predicted octanol–water partition coefficient (Wildman–Crippen LogP) is 10.4. The number of nitrogens with zero attached hydrogens (tertiary/aromatic N) is 3. The van der Waals surface area contributed by atoms with Crippen molar-refractivity contribution in [3.8, 4) is 0 Å². The molecule has 63 heavy (non-hydrogen) atoms. The van der Waals surface area contributed by atoms with Gasteiger partial charge in [0.05, 0.1) is 11.1 Å². The number of amides is 4. The van der Waals surface area contributed by atoms with Crippen molar-refractivity contribution >= 4 is 48.2 Å². The molecule has 4 saturated heterocycles. The number of nitrogens with one attached hydrogen (secondary N) is 2. The molecule has 4 amide bonds. The molecule has 1 aromatic carbocycles. The third kappa shape index (κ3) is 13.3. The normalized spacial score (nSPS) is 23.8. The van der Waals surface area contributed by atoms with Gasteiger partial charge in [0.1, 0.15) is 24.9 Å². The molecule has 6 aliphatic rings. The second-order valence-corrected chi connectivity index (χ2v) is 21.8. The zero-order valence-corrected chi connectivity index (χ0v) is 40.4. The number of carbonyl (C=O) groups excluding carboxylic acids is 4. The van der Waals surface area contributed by atoms with Gasteiger partial charge in [0.2, 0.25) is 5.91 Å². The lowest BCUT2D eigenvalue weighted by atomic mass is 9.63. The van der Waals surface area contributed by atoms with Gasteiger partial charge in [-0.3, -0.25) is 14.6 Å². The fourth-order valence-corrected chi connectivity index (χ4v) is 11.2. The molecule has 2 N–H and O–H groups in total. The first-order chi connectivity index (χ1) is 28.8. The molecule has 12 nitrogen and oxygen atoms in total. The Morgan fingerprint density at radius 1 is 0.778 bits per heavy atom. The maximum atomic E-state index is 13.9. The Morgan fingerprint density at radius 3 is 1.63 bits per heavy atom. The van der Waals surface area contributed by atoms with Crippen molar-refractivity contribution in [2.75, 3.05) is 52.5 Å². The number of rotatable bonds is 10. The molecule has 0 unspecified atom stereocenters. The minimum Gasteiger partial charge on any atom is -0.447 e. The highest BCUT2D eigenvalue weighted by atomic mass is 35.5. The molecular formula is C49H81Cl2N5O7. The zero-order valence-electron chi connectivity index (χ0n) is 38.8. The second-order valence-electron chi connectivity index (χ2n) is 21.4. The van der Waals surface area contributed by atoms with E-state index in [1.54, 1.807) is 32.9 Å². The summed E-state index contributed by atoms with van der Waals surface area (Å²) in [4.78, 5) is 57.4. The Bertz CT molecular complexity index is 1660. The van der Waals surface area contributed by atoms with Crippen LogP contribution in [0.25, 0.3) is 0 Å². The zero-order chi connectivity index (χ0) is 44.1. The largest absolute Gasteiger partial charge is 0.447 e. The second kappa shape index (κ2) is 22.0. The summed E-state index contributed by atoms with van der Waals surface area (Å²) in [6.45, 7) is 19.7. The number of hydrogen-bond donors (Lipinski definition) is 2. The summed E-state index contributed by atoms with van der Waals surface area (Å²) in [6, 6.07) is 6.57. The van der Waals surface area contributed by atoms with Crippen LogP contribution in [0.2, 0.25) is 5.02 Å². The first-order valence-corrected chi connectivity index (χ1v) is 23.8. The van der Waals surface area contributed by atoms with Gasteiger partial charge in [-0.1, -0.05) is 69.7 Å². The highest BCUT2D eigenvalue weighted by Crippen LogP contribution is 2.49. The van der Waals surface area contributed by atoms with Crippen LogP contribution in [0.5, 0.6) is 0 Å². The van der Waals surface area contributed by atoms with E-state index in [2.05, 4.69) is 38.3 Å². The molecular weight excluding hydrogens is 841 g/mol. The van der Waals surface area contributed by atoms with Crippen molar-refractivity contribution in [2.45, 2.75) is 175 Å². The standard InChI is InChI=1S/C31H46ClN3O5.C17H30N2O2.CH4.ClH/c1-29(2,3)40-27(37)33-25(19-22-11-13-24(32)14-12-22)26(36)34-17-15-31(16-18-34,23-9-7-6-8-10-23)20-35-28(38)39-21-30(35,4)5;1-16(2)13-21-15(20)19(16)12-17(8-10-18-11-9-17)14-6-4-3-5-7-14;;/h11-14,23,25H,6-10,15-21H2,1-5H3,(H,33,37);14,18H,3-13H2,1-2H3;1H4;1H/t25-;;;/m1.../s1. The maximum Gasteiger partial charge on any atom is 0.410 e. The summed E-state index contributed by atoms with van der Waals surface area (Å²) in [5.74, 6) is 1.20. The first-order valence-electron chi connectivity index (χ1n) is 23.4. The van der Waals surface area contributed by atoms with E-state index in [4.69, 9.17) is 25.8 Å². The van der Waals surface area contributed by atoms with Gasteiger partial charge in [-0.05, 0) is 153 Å². The van der Waals surface area contributed by atoms with Crippen LogP contribution in [0.3, 0.4) is 0 Å². The number of ether oxygens (including phenoxy) is 3. The molecule has 2 saturated carbocycles. The van der Waals surface area contributed by atoms with Crippen molar-refractivity contribution < 1.29 is 33.4 Å². The van der Waals surface area contributed by atoms with Crippen LogP contribution in [-0.2, 0) is 25.4 Å². The van der Waals surface area contributed by atoms with Crippen LogP contribution >= 0.6 is 24.0 Å². The number of carbonyl (C=O) groups is 4. The summed E-state index contributed by atoms with van der Waals surface area (Å²) in [7, 11) is 0. The van der Waals surface area contributed by atoms with E-state index in [-0.39, 0.29) is 54.4 Å². The van der Waals surface area contributed by atoms with E-state index in [0.717, 1.165) is 56.8 Å². The van der Waals surface area contributed by atoms with Crippen LogP contribution in [-0.4, -0.2) is 114 Å². The highest BCUT2D eigenvalue weighted by molar-refractivity contribution is 6.30. The maximum absolute atomic E-state index is 13.9. The molecule has 4 aliphatic heterocycles. The van der Waals surface area contributed by atoms with Gasteiger partial charge in [0, 0.05) is 37.6 Å². The molecule has 0 aromatic heterocycles. The van der Waals surface area contributed by atoms with Crippen LogP contribution < -0.4 is 10.6 Å². The minimum atomic E-state index is -0.759. The van der Waals surface area contributed by atoms with Crippen LogP contribution in [0, 0.1) is 22.7 Å². The summed E-state index contributed by atoms with van der Waals surface area (Å²) in [5.41, 5.74) is -0.0000794. The Labute approximate surface area is 390 Å². The van der Waals surface area contributed by atoms with E-state index in [0.29, 0.717) is 55.6 Å². The van der Waals surface area contributed by atoms with Crippen LogP contribution in [0.4, 0.5) is 14.4 Å². The molecule has 4 heterocycles. The monoisotopic (exact) mass is 922 g/mol. The number of alkyl carbamates (subject to hydrolysis) is 1. The van der Waals surface area contributed by atoms with Crippen LogP contribution in [0.15, 0.2) is 24.3 Å². The third-order valence-corrected chi connectivity index (χ3v) is 15.2. The number of halogens is 2. The SMILES string of the molecule is C.CC(C)(C)OC(=O)N[C@H](Cc1ccc(Cl)cc1)C(=O)N1CCC(CN2C(=O)OCC2(C)C)(C2CCCCC2)CC1.CC1(C)COC(=O)N1CC1(C2CCCCC2)CCNCC1.Cl. The summed E-state index contributed by atoms with van der Waals surface area (Å²) in [6.07, 6.45) is 16.3. The Morgan fingerprint density at radius 2 is 1.22 bits per heavy atom. The van der Waals surface area contributed by atoms with Gasteiger partial charge in [-0.15, -0.1) is 12.4 Å². The molecule has 7 rings (SSSR count). The molecule has 0 bridgehead atoms. The summed E-state index contributed by atoms with van der Waals surface area (Å²) < 4.78 is 16.3. The summed E-state index contributed by atoms with van der Waals surface area (Å²) >= 11 is 6.07. The third-order valence-electron chi connectivity index (χ3n) is 14.9. The van der Waals surface area contributed by atoms with Gasteiger partial charge < -0.3 is 29.7 Å². The Balaban J connectivity index is 0.000000319. The van der Waals surface area contributed by atoms with E-state index in [9.17, 15) is 19.2 Å². The molecule has 1 aromatic rings. The molecule has 6 fully saturated rings. The smallest absolute Gasteiger partial charge is 0.410 e. The topological polar surface area (TPSA) is 130 Å². The molecule has 0 radical (unpaired) electrons. The molecule has 1 atom stereocenters. The van der Waals surface area contributed by atoms with Gasteiger partial charge >= 0.3 is 18.3 Å². The lowest BCUT2D eigenvalue weighted by Crippen LogP contribution is -2.57. The quantitative estimate of drug-likeness (QED) is 0.222. The first kappa shape index (κ1) is 52.7. The molecule has 0 spiro atoms. The van der Waals surface area contributed by atoms with E-state index in [1.807, 2.05) is 26.8 Å². The number of likely N-dealkylation sites (tertiary alicyclic amines) is 1. The summed E-state index contributed by atoms with van der Waals surface area (Å²) in [5, 5.41) is 6.96. The fraction of sp³-hybridized carbons (Fsp3) is 0.796. The van der Waals surface area contributed by atoms with Crippen molar-refractivity contribution in [1.29, 1.82) is 0 Å². The van der Waals surface area contributed by atoms with Crippen molar-refractivity contribution in [3.63, 3.8) is 0 Å². The number of piperidine rings is 2. The van der Waals surface area contributed by atoms with E-state index < -0.39 is 17.7 Å². The minimum absolute atomic E-state index is 0. The average molecular weight is 923 g/mol. The number of hydrogen-bond acceptors (Lipinski definition) is 8. The van der Waals surface area contributed by atoms with Gasteiger partial charge in [-0.25, -0.2) is 14.4 Å². The molecule has 2 aliphatic carbocycles. The lowest BCUT2D eigenvalue weighted by Gasteiger charge is -2.50. The van der Waals surface area contributed by atoms with Gasteiger partial charge in [-0.2, -0.15) is 0 Å². The molecule has 14 heteroatoms. The highest BCUT2D eigenvalue weighted by Gasteiger charge is 2.51. The lowest BCUT2D eigenvalue weighted by molar-refractivity contribution is -0.137.